The lowest BCUT2D eigenvalue weighted by atomic mass is 10.2. The van der Waals surface area contributed by atoms with Crippen LogP contribution in [-0.4, -0.2) is 44.7 Å². The Kier molecular flexibility index (Phi) is 6.77. The number of aliphatic imine (C=N–C) groups is 1. The molecule has 0 bridgehead atoms. The second-order valence-corrected chi connectivity index (χ2v) is 9.05. The first kappa shape index (κ1) is 18.1. The highest BCUT2D eigenvalue weighted by Gasteiger charge is 2.15. The summed E-state index contributed by atoms with van der Waals surface area (Å²) in [5, 5.41) is 7.31. The molecule has 2 rings (SSSR count). The number of thioether (sulfide) groups is 1. The second-order valence-electron chi connectivity index (χ2n) is 5.63. The minimum atomic E-state index is -3.14. The quantitative estimate of drug-likeness (QED) is 0.604. The van der Waals surface area contributed by atoms with Crippen LogP contribution in [0, 0.1) is 0 Å². The van der Waals surface area contributed by atoms with Gasteiger partial charge in [-0.3, -0.25) is 0 Å². The van der Waals surface area contributed by atoms with Gasteiger partial charge in [0.05, 0.1) is 11.4 Å². The van der Waals surface area contributed by atoms with Gasteiger partial charge < -0.3 is 10.6 Å². The van der Waals surface area contributed by atoms with E-state index in [9.17, 15) is 8.42 Å². The molecule has 1 aliphatic heterocycles. The molecule has 0 amide bonds. The molecule has 0 radical (unpaired) electrons. The summed E-state index contributed by atoms with van der Waals surface area (Å²) in [6.45, 7) is 4.32. The Morgan fingerprint density at radius 2 is 2.04 bits per heavy atom. The Hall–Kier alpha value is -1.21. The number of sulfone groups is 1. The molecule has 1 heterocycles. The van der Waals surface area contributed by atoms with E-state index in [1.165, 1.54) is 24.9 Å². The molecule has 1 aromatic carbocycles. The number of benzene rings is 1. The van der Waals surface area contributed by atoms with Crippen LogP contribution in [0.5, 0.6) is 0 Å². The topological polar surface area (TPSA) is 70.6 Å². The number of hydrogen-bond acceptors (Lipinski definition) is 4. The third kappa shape index (κ3) is 6.06. The monoisotopic (exact) mass is 355 g/mol. The van der Waals surface area contributed by atoms with Gasteiger partial charge in [-0.15, -0.1) is 0 Å². The molecule has 1 unspecified atom stereocenters. The van der Waals surface area contributed by atoms with E-state index < -0.39 is 9.84 Å². The summed E-state index contributed by atoms with van der Waals surface area (Å²) < 4.78 is 22.9. The first-order valence-corrected chi connectivity index (χ1v) is 10.9. The minimum absolute atomic E-state index is 0.341. The van der Waals surface area contributed by atoms with Gasteiger partial charge in [0.1, 0.15) is 0 Å². The Bertz CT molecular complexity index is 621. The highest BCUT2D eigenvalue weighted by atomic mass is 32.2. The highest BCUT2D eigenvalue weighted by Crippen LogP contribution is 2.25. The van der Waals surface area contributed by atoms with E-state index in [2.05, 4.69) is 15.6 Å². The van der Waals surface area contributed by atoms with Crippen molar-refractivity contribution in [2.75, 3.05) is 25.1 Å². The Morgan fingerprint density at radius 1 is 1.30 bits per heavy atom. The van der Waals surface area contributed by atoms with E-state index in [0.717, 1.165) is 24.6 Å². The lowest BCUT2D eigenvalue weighted by Crippen LogP contribution is -2.40. The van der Waals surface area contributed by atoms with Crippen LogP contribution in [0.1, 0.15) is 25.3 Å². The molecule has 1 fully saturated rings. The molecular formula is C16H25N3O2S2. The van der Waals surface area contributed by atoms with Crippen LogP contribution < -0.4 is 10.6 Å². The maximum Gasteiger partial charge on any atom is 0.191 e. The molecule has 1 aliphatic rings. The van der Waals surface area contributed by atoms with E-state index in [4.69, 9.17) is 0 Å². The number of rotatable bonds is 6. The first-order chi connectivity index (χ1) is 11.0. The maximum atomic E-state index is 11.5. The molecule has 23 heavy (non-hydrogen) atoms. The van der Waals surface area contributed by atoms with Crippen LogP contribution >= 0.6 is 11.8 Å². The third-order valence-corrected chi connectivity index (χ3v) is 6.16. The highest BCUT2D eigenvalue weighted by molar-refractivity contribution is 8.00. The fraction of sp³-hybridized carbons (Fsp3) is 0.562. The number of nitrogens with one attached hydrogen (secondary N) is 2. The maximum absolute atomic E-state index is 11.5. The van der Waals surface area contributed by atoms with Gasteiger partial charge in [-0.05, 0) is 43.2 Å². The van der Waals surface area contributed by atoms with Crippen molar-refractivity contribution in [2.45, 2.75) is 36.5 Å². The van der Waals surface area contributed by atoms with E-state index in [1.807, 2.05) is 30.8 Å². The fourth-order valence-electron chi connectivity index (χ4n) is 2.37. The van der Waals surface area contributed by atoms with Gasteiger partial charge in [-0.2, -0.15) is 11.8 Å². The van der Waals surface area contributed by atoms with Crippen LogP contribution in [0.4, 0.5) is 0 Å². The van der Waals surface area contributed by atoms with Crippen molar-refractivity contribution in [3.63, 3.8) is 0 Å². The van der Waals surface area contributed by atoms with Gasteiger partial charge in [-0.1, -0.05) is 12.1 Å². The largest absolute Gasteiger partial charge is 0.357 e. The van der Waals surface area contributed by atoms with Gasteiger partial charge in [-0.25, -0.2) is 13.4 Å². The lowest BCUT2D eigenvalue weighted by Gasteiger charge is -2.14. The average molecular weight is 356 g/mol. The third-order valence-electron chi connectivity index (χ3n) is 3.64. The fourth-order valence-corrected chi connectivity index (χ4v) is 4.20. The molecule has 1 saturated heterocycles. The van der Waals surface area contributed by atoms with E-state index in [1.54, 1.807) is 12.1 Å². The van der Waals surface area contributed by atoms with Crippen molar-refractivity contribution in [2.24, 2.45) is 4.99 Å². The molecular weight excluding hydrogens is 330 g/mol. The SMILES string of the molecule is CCNC(=NCc1ccc(S(C)(=O)=O)cc1)NCC1CCCS1. The van der Waals surface area contributed by atoms with Crippen molar-refractivity contribution in [3.05, 3.63) is 29.8 Å². The number of hydrogen-bond donors (Lipinski definition) is 2. The smallest absolute Gasteiger partial charge is 0.191 e. The van der Waals surface area contributed by atoms with Crippen molar-refractivity contribution >= 4 is 27.6 Å². The molecule has 0 aliphatic carbocycles. The Labute approximate surface area is 143 Å². The van der Waals surface area contributed by atoms with Gasteiger partial charge in [0.2, 0.25) is 0 Å². The van der Waals surface area contributed by atoms with Gasteiger partial charge >= 0.3 is 0 Å². The molecule has 0 spiro atoms. The van der Waals surface area contributed by atoms with Gasteiger partial charge in [0, 0.05) is 24.6 Å². The molecule has 5 nitrogen and oxygen atoms in total. The minimum Gasteiger partial charge on any atom is -0.357 e. The summed E-state index contributed by atoms with van der Waals surface area (Å²) in [5.74, 6) is 2.07. The van der Waals surface area contributed by atoms with Crippen molar-refractivity contribution in [1.82, 2.24) is 10.6 Å². The number of nitrogens with zero attached hydrogens (tertiary/aromatic N) is 1. The van der Waals surface area contributed by atoms with Crippen molar-refractivity contribution in [3.8, 4) is 0 Å². The van der Waals surface area contributed by atoms with Crippen LogP contribution in [0.2, 0.25) is 0 Å². The standard InChI is InChI=1S/C16H25N3O2S2/c1-3-17-16(19-12-14-5-4-10-22-14)18-11-13-6-8-15(9-7-13)23(2,20)21/h6-9,14H,3-5,10-12H2,1-2H3,(H2,17,18,19). The Morgan fingerprint density at radius 3 is 2.61 bits per heavy atom. The van der Waals surface area contributed by atoms with E-state index in [0.29, 0.717) is 16.7 Å². The summed E-state index contributed by atoms with van der Waals surface area (Å²) >= 11 is 2.02. The first-order valence-electron chi connectivity index (χ1n) is 7.92. The normalized spacial score (nSPS) is 18.9. The van der Waals surface area contributed by atoms with Crippen LogP contribution in [0.25, 0.3) is 0 Å². The van der Waals surface area contributed by atoms with Crippen molar-refractivity contribution < 1.29 is 8.42 Å². The number of guanidine groups is 1. The van der Waals surface area contributed by atoms with E-state index in [-0.39, 0.29) is 0 Å². The summed E-state index contributed by atoms with van der Waals surface area (Å²) in [6.07, 6.45) is 3.79. The summed E-state index contributed by atoms with van der Waals surface area (Å²) in [5.41, 5.74) is 0.991. The Balaban J connectivity index is 1.93. The van der Waals surface area contributed by atoms with Gasteiger partial charge in [0.15, 0.2) is 15.8 Å². The van der Waals surface area contributed by atoms with Crippen LogP contribution in [0.15, 0.2) is 34.2 Å². The molecule has 1 aromatic rings. The predicted octanol–water partition coefficient (Wildman–Crippen LogP) is 2.04. The summed E-state index contributed by atoms with van der Waals surface area (Å²) in [4.78, 5) is 4.91. The second kappa shape index (κ2) is 8.59. The zero-order valence-electron chi connectivity index (χ0n) is 13.7. The van der Waals surface area contributed by atoms with Crippen LogP contribution in [-0.2, 0) is 16.4 Å². The zero-order valence-corrected chi connectivity index (χ0v) is 15.3. The van der Waals surface area contributed by atoms with Crippen LogP contribution in [0.3, 0.4) is 0 Å². The summed E-state index contributed by atoms with van der Waals surface area (Å²) in [6, 6.07) is 6.90. The molecule has 1 atom stereocenters. The molecule has 128 valence electrons. The molecule has 0 saturated carbocycles. The van der Waals surface area contributed by atoms with Crippen molar-refractivity contribution in [1.29, 1.82) is 0 Å². The van der Waals surface area contributed by atoms with E-state index >= 15 is 0 Å². The molecule has 7 heteroatoms. The lowest BCUT2D eigenvalue weighted by molar-refractivity contribution is 0.602. The molecule has 2 N–H and O–H groups in total. The summed E-state index contributed by atoms with van der Waals surface area (Å²) in [7, 11) is -3.14. The predicted molar refractivity (Wildman–Crippen MR) is 97.9 cm³/mol. The average Bonchev–Trinajstić information content (AvgIpc) is 3.03. The van der Waals surface area contributed by atoms with Gasteiger partial charge in [0.25, 0.3) is 0 Å². The zero-order chi connectivity index (χ0) is 16.7. The molecule has 0 aromatic heterocycles.